The molecule has 0 saturated carbocycles. The Morgan fingerprint density at radius 1 is 1.20 bits per heavy atom. The SMILES string of the molecule is CCC1(C)CN(c2cc(OC)cc(OC)c2)CCCN1. The Hall–Kier alpha value is -1.42. The van der Waals surface area contributed by atoms with Gasteiger partial charge in [0.15, 0.2) is 0 Å². The Morgan fingerprint density at radius 3 is 2.40 bits per heavy atom. The fourth-order valence-corrected chi connectivity index (χ4v) is 2.65. The second-order valence-electron chi connectivity index (χ2n) is 5.69. The van der Waals surface area contributed by atoms with Crippen LogP contribution in [0.5, 0.6) is 11.5 Å². The maximum absolute atomic E-state index is 5.38. The molecule has 0 aromatic heterocycles. The van der Waals surface area contributed by atoms with Crippen molar-refractivity contribution in [2.75, 3.05) is 38.8 Å². The summed E-state index contributed by atoms with van der Waals surface area (Å²) in [5.74, 6) is 1.68. The number of methoxy groups -OCH3 is 2. The first kappa shape index (κ1) is 15.0. The maximum atomic E-state index is 5.38. The van der Waals surface area contributed by atoms with Crippen molar-refractivity contribution in [2.24, 2.45) is 0 Å². The molecule has 1 heterocycles. The highest BCUT2D eigenvalue weighted by molar-refractivity contribution is 5.56. The molecule has 1 saturated heterocycles. The van der Waals surface area contributed by atoms with Gasteiger partial charge in [0, 0.05) is 42.5 Å². The number of anilines is 1. The number of nitrogens with zero attached hydrogens (tertiary/aromatic N) is 1. The second-order valence-corrected chi connectivity index (χ2v) is 5.69. The van der Waals surface area contributed by atoms with E-state index in [1.165, 1.54) is 5.69 Å². The summed E-state index contributed by atoms with van der Waals surface area (Å²) >= 11 is 0. The molecule has 0 bridgehead atoms. The fourth-order valence-electron chi connectivity index (χ4n) is 2.65. The van der Waals surface area contributed by atoms with Crippen molar-refractivity contribution in [3.63, 3.8) is 0 Å². The Balaban J connectivity index is 2.28. The zero-order valence-corrected chi connectivity index (χ0v) is 13.0. The predicted molar refractivity (Wildman–Crippen MR) is 83.1 cm³/mol. The van der Waals surface area contributed by atoms with E-state index in [2.05, 4.69) is 36.2 Å². The lowest BCUT2D eigenvalue weighted by molar-refractivity contribution is 0.365. The van der Waals surface area contributed by atoms with Gasteiger partial charge < -0.3 is 19.7 Å². The number of ether oxygens (including phenoxy) is 2. The lowest BCUT2D eigenvalue weighted by Crippen LogP contribution is -2.48. The van der Waals surface area contributed by atoms with Gasteiger partial charge in [0.2, 0.25) is 0 Å². The van der Waals surface area contributed by atoms with Gasteiger partial charge in [-0.15, -0.1) is 0 Å². The Morgan fingerprint density at radius 2 is 1.85 bits per heavy atom. The summed E-state index contributed by atoms with van der Waals surface area (Å²) in [5.41, 5.74) is 1.33. The third-order valence-electron chi connectivity index (χ3n) is 4.18. The Labute approximate surface area is 122 Å². The van der Waals surface area contributed by atoms with Gasteiger partial charge in [-0.3, -0.25) is 0 Å². The van der Waals surface area contributed by atoms with Crippen LogP contribution in [0.1, 0.15) is 26.7 Å². The molecule has 4 nitrogen and oxygen atoms in total. The van der Waals surface area contributed by atoms with Crippen molar-refractivity contribution in [3.05, 3.63) is 18.2 Å². The Kier molecular flexibility index (Phi) is 4.76. The molecule has 2 rings (SSSR count). The molecule has 1 aromatic rings. The molecule has 1 unspecified atom stereocenters. The molecule has 1 atom stereocenters. The number of hydrogen-bond acceptors (Lipinski definition) is 4. The molecule has 0 spiro atoms. The largest absolute Gasteiger partial charge is 0.497 e. The van der Waals surface area contributed by atoms with E-state index in [9.17, 15) is 0 Å². The van der Waals surface area contributed by atoms with Crippen LogP contribution in [-0.4, -0.2) is 39.4 Å². The van der Waals surface area contributed by atoms with Crippen LogP contribution in [-0.2, 0) is 0 Å². The predicted octanol–water partition coefficient (Wildman–Crippen LogP) is 2.67. The zero-order chi connectivity index (χ0) is 14.6. The molecular formula is C16H26N2O2. The van der Waals surface area contributed by atoms with E-state index in [1.807, 2.05) is 6.07 Å². The minimum atomic E-state index is 0.160. The van der Waals surface area contributed by atoms with Crippen LogP contribution in [0.4, 0.5) is 5.69 Å². The molecule has 4 heteroatoms. The molecule has 112 valence electrons. The average molecular weight is 278 g/mol. The molecule has 1 N–H and O–H groups in total. The molecule has 0 amide bonds. The first-order chi connectivity index (χ1) is 9.60. The van der Waals surface area contributed by atoms with Crippen LogP contribution in [0.2, 0.25) is 0 Å². The summed E-state index contributed by atoms with van der Waals surface area (Å²) in [4.78, 5) is 2.43. The van der Waals surface area contributed by atoms with E-state index in [0.717, 1.165) is 44.0 Å². The van der Waals surface area contributed by atoms with E-state index < -0.39 is 0 Å². The van der Waals surface area contributed by atoms with Crippen molar-refractivity contribution >= 4 is 5.69 Å². The lowest BCUT2D eigenvalue weighted by atomic mass is 9.98. The van der Waals surface area contributed by atoms with Crippen LogP contribution in [0.25, 0.3) is 0 Å². The van der Waals surface area contributed by atoms with Gasteiger partial charge in [0.1, 0.15) is 11.5 Å². The van der Waals surface area contributed by atoms with E-state index in [0.29, 0.717) is 0 Å². The molecule has 1 aliphatic rings. The van der Waals surface area contributed by atoms with Gasteiger partial charge in [0.05, 0.1) is 14.2 Å². The van der Waals surface area contributed by atoms with E-state index in [4.69, 9.17) is 9.47 Å². The lowest BCUT2D eigenvalue weighted by Gasteiger charge is -2.34. The van der Waals surface area contributed by atoms with Crippen LogP contribution in [0.3, 0.4) is 0 Å². The van der Waals surface area contributed by atoms with Gasteiger partial charge in [-0.1, -0.05) is 6.92 Å². The van der Waals surface area contributed by atoms with Gasteiger partial charge in [-0.05, 0) is 26.3 Å². The number of rotatable bonds is 4. The summed E-state index contributed by atoms with van der Waals surface area (Å²) < 4.78 is 10.8. The molecule has 1 aromatic carbocycles. The summed E-state index contributed by atoms with van der Waals surface area (Å²) in [6, 6.07) is 6.09. The molecule has 0 radical (unpaired) electrons. The summed E-state index contributed by atoms with van der Waals surface area (Å²) in [7, 11) is 3.39. The normalized spacial score (nSPS) is 23.3. The summed E-state index contributed by atoms with van der Waals surface area (Å²) in [5, 5.41) is 3.66. The van der Waals surface area contributed by atoms with Gasteiger partial charge >= 0.3 is 0 Å². The first-order valence-electron chi connectivity index (χ1n) is 7.33. The molecular weight excluding hydrogens is 252 g/mol. The first-order valence-corrected chi connectivity index (χ1v) is 7.33. The second kappa shape index (κ2) is 6.35. The van der Waals surface area contributed by atoms with Crippen molar-refractivity contribution in [2.45, 2.75) is 32.2 Å². The molecule has 0 aliphatic carbocycles. The maximum Gasteiger partial charge on any atom is 0.124 e. The van der Waals surface area contributed by atoms with Gasteiger partial charge in [-0.2, -0.15) is 0 Å². The molecule has 20 heavy (non-hydrogen) atoms. The zero-order valence-electron chi connectivity index (χ0n) is 13.0. The monoisotopic (exact) mass is 278 g/mol. The highest BCUT2D eigenvalue weighted by Gasteiger charge is 2.27. The van der Waals surface area contributed by atoms with Crippen molar-refractivity contribution < 1.29 is 9.47 Å². The van der Waals surface area contributed by atoms with Gasteiger partial charge in [-0.25, -0.2) is 0 Å². The highest BCUT2D eigenvalue weighted by atomic mass is 16.5. The minimum absolute atomic E-state index is 0.160. The van der Waals surface area contributed by atoms with E-state index in [1.54, 1.807) is 14.2 Å². The van der Waals surface area contributed by atoms with Crippen LogP contribution < -0.4 is 19.7 Å². The minimum Gasteiger partial charge on any atom is -0.497 e. The van der Waals surface area contributed by atoms with Crippen molar-refractivity contribution in [1.29, 1.82) is 0 Å². The highest BCUT2D eigenvalue weighted by Crippen LogP contribution is 2.30. The topological polar surface area (TPSA) is 33.7 Å². The number of benzene rings is 1. The van der Waals surface area contributed by atoms with Crippen molar-refractivity contribution in [3.8, 4) is 11.5 Å². The molecule has 1 aliphatic heterocycles. The quantitative estimate of drug-likeness (QED) is 0.918. The van der Waals surface area contributed by atoms with Crippen LogP contribution in [0.15, 0.2) is 18.2 Å². The summed E-state index contributed by atoms with van der Waals surface area (Å²) in [6.45, 7) is 7.66. The summed E-state index contributed by atoms with van der Waals surface area (Å²) in [6.07, 6.45) is 2.26. The third-order valence-corrected chi connectivity index (χ3v) is 4.18. The van der Waals surface area contributed by atoms with E-state index >= 15 is 0 Å². The average Bonchev–Trinajstić information content (AvgIpc) is 2.69. The number of nitrogens with one attached hydrogen (secondary N) is 1. The van der Waals surface area contributed by atoms with Crippen molar-refractivity contribution in [1.82, 2.24) is 5.32 Å². The van der Waals surface area contributed by atoms with Gasteiger partial charge in [0.25, 0.3) is 0 Å². The smallest absolute Gasteiger partial charge is 0.124 e. The van der Waals surface area contributed by atoms with E-state index in [-0.39, 0.29) is 5.54 Å². The number of hydrogen-bond donors (Lipinski definition) is 1. The fraction of sp³-hybridized carbons (Fsp3) is 0.625. The molecule has 1 fully saturated rings. The van der Waals surface area contributed by atoms with Crippen LogP contribution >= 0.6 is 0 Å². The third kappa shape index (κ3) is 3.37. The Bertz CT molecular complexity index is 428. The standard InChI is InChI=1S/C16H26N2O2/c1-5-16(2)12-18(8-6-7-17-16)13-9-14(19-3)11-15(10-13)20-4/h9-11,17H,5-8,12H2,1-4H3. The van der Waals surface area contributed by atoms with Crippen LogP contribution in [0, 0.1) is 0 Å².